The number of hydrogen-bond donors (Lipinski definition) is 0. The number of nitrogens with one attached hydrogen (secondary N) is 1. The molecule has 0 saturated heterocycles. The third kappa shape index (κ3) is 22.1. The fourth-order valence-electron chi connectivity index (χ4n) is 2.07. The van der Waals surface area contributed by atoms with Gasteiger partial charge in [0.25, 0.3) is 0 Å². The molecular weight excluding hydrogens is 562 g/mol. The van der Waals surface area contributed by atoms with Gasteiger partial charge in [0.05, 0.1) is 0 Å². The van der Waals surface area contributed by atoms with Crippen LogP contribution in [0, 0.1) is 28.7 Å². The SMILES string of the molecule is Brc1cc2ccccc2[cH-]1.CC(C)(C)[NH-].[CH2-]c1ccccc1.[CH2-]c1ccccc1.[CH3-].[CH3-].[Si]=[Zr]. The monoisotopic (exact) mass is 595 g/mol. The van der Waals surface area contributed by atoms with Crippen LogP contribution in [0.15, 0.2) is 102 Å². The standard InChI is InChI=1S/C9H6Br.2C7H7.C4H10N.2CH3.Si.Zr/c10-9-5-7-3-1-2-4-8(7)6-9;2*1-7-5-3-2-4-6-7;1-4(2,3)5;;;;/h1-6H;2*2-6H,1H2;5H,1-3H3;2*1H3;;/q6*-1;;. The van der Waals surface area contributed by atoms with Crippen LogP contribution in [0.3, 0.4) is 0 Å². The zero-order valence-corrected chi connectivity index (χ0v) is 25.6. The van der Waals surface area contributed by atoms with Crippen molar-refractivity contribution in [3.8, 4) is 0 Å². The summed E-state index contributed by atoms with van der Waals surface area (Å²) in [5.41, 5.74) is 8.83. The zero-order valence-electron chi connectivity index (χ0n) is 20.5. The minimum absolute atomic E-state index is 0. The molecule has 0 heterocycles. The van der Waals surface area contributed by atoms with Crippen molar-refractivity contribution in [3.05, 3.63) is 147 Å². The summed E-state index contributed by atoms with van der Waals surface area (Å²) in [6.07, 6.45) is 0. The van der Waals surface area contributed by atoms with Gasteiger partial charge in [-0.3, -0.25) is 0 Å². The molecule has 4 aromatic rings. The minimum atomic E-state index is -0.250. The van der Waals surface area contributed by atoms with Crippen LogP contribution in [0.2, 0.25) is 0 Å². The number of rotatable bonds is 0. The average molecular weight is 598 g/mol. The van der Waals surface area contributed by atoms with E-state index in [2.05, 4.69) is 73.1 Å². The summed E-state index contributed by atoms with van der Waals surface area (Å²) in [6.45, 7) is 16.1. The molecular formula is C29H36BrNSiZr-6. The molecule has 4 heteroatoms. The summed E-state index contributed by atoms with van der Waals surface area (Å²) < 4.78 is 1.16. The molecule has 0 spiro atoms. The Morgan fingerprint density at radius 2 is 1.09 bits per heavy atom. The number of halogens is 1. The van der Waals surface area contributed by atoms with E-state index < -0.39 is 0 Å². The van der Waals surface area contributed by atoms with E-state index in [0.717, 1.165) is 15.6 Å². The second-order valence-corrected chi connectivity index (χ2v) is 8.44. The van der Waals surface area contributed by atoms with Gasteiger partial charge in [-0.25, -0.2) is 0 Å². The predicted molar refractivity (Wildman–Crippen MR) is 152 cm³/mol. The van der Waals surface area contributed by atoms with Crippen molar-refractivity contribution in [1.82, 2.24) is 0 Å². The molecule has 33 heavy (non-hydrogen) atoms. The van der Waals surface area contributed by atoms with Gasteiger partial charge in [-0.05, 0) is 0 Å². The summed E-state index contributed by atoms with van der Waals surface area (Å²) in [4.78, 5) is 0. The predicted octanol–water partition coefficient (Wildman–Crippen LogP) is 9.41. The van der Waals surface area contributed by atoms with Gasteiger partial charge in [0.2, 0.25) is 0 Å². The Bertz CT molecular complexity index is 871. The van der Waals surface area contributed by atoms with E-state index in [9.17, 15) is 0 Å². The van der Waals surface area contributed by atoms with Crippen molar-refractivity contribution >= 4 is 33.6 Å². The van der Waals surface area contributed by atoms with E-state index >= 15 is 0 Å². The normalized spacial score (nSPS) is 8.73. The molecule has 178 valence electrons. The molecule has 1 nitrogen and oxygen atoms in total. The first kappa shape index (κ1) is 36.1. The van der Waals surface area contributed by atoms with Crippen LogP contribution in [0.5, 0.6) is 0 Å². The second kappa shape index (κ2) is 21.1. The van der Waals surface area contributed by atoms with E-state index in [1.807, 2.05) is 81.4 Å². The molecule has 0 aromatic heterocycles. The number of fused-ring (bicyclic) bond motifs is 1. The maximum absolute atomic E-state index is 6.94. The first-order chi connectivity index (χ1) is 14.6. The summed E-state index contributed by atoms with van der Waals surface area (Å²) in [7, 11) is 0. The van der Waals surface area contributed by atoms with Crippen LogP contribution < -0.4 is 0 Å². The quantitative estimate of drug-likeness (QED) is 0.142. The van der Waals surface area contributed by atoms with E-state index in [-0.39, 0.29) is 20.4 Å². The molecule has 0 amide bonds. The van der Waals surface area contributed by atoms with Gasteiger partial charge < -0.3 is 20.6 Å². The van der Waals surface area contributed by atoms with Gasteiger partial charge in [-0.15, -0.1) is 64.8 Å². The first-order valence-electron chi connectivity index (χ1n) is 9.70. The van der Waals surface area contributed by atoms with Gasteiger partial charge in [-0.1, -0.05) is 59.4 Å². The molecule has 0 aliphatic rings. The molecule has 0 fully saturated rings. The third-order valence-electron chi connectivity index (χ3n) is 3.27. The molecule has 0 atom stereocenters. The second-order valence-electron chi connectivity index (χ2n) is 7.52. The summed E-state index contributed by atoms with van der Waals surface area (Å²) >= 11 is 4.78. The van der Waals surface area contributed by atoms with Gasteiger partial charge in [-0.2, -0.15) is 55.3 Å². The molecule has 4 aromatic carbocycles. The fraction of sp³-hybridized carbons (Fsp3) is 0.138. The molecule has 0 bridgehead atoms. The van der Waals surface area contributed by atoms with Gasteiger partial charge in [0.15, 0.2) is 0 Å². The zero-order chi connectivity index (χ0) is 23.7. The van der Waals surface area contributed by atoms with Crippen molar-refractivity contribution < 1.29 is 23.3 Å². The van der Waals surface area contributed by atoms with Crippen molar-refractivity contribution in [2.75, 3.05) is 0 Å². The molecule has 0 aliphatic heterocycles. The summed E-state index contributed by atoms with van der Waals surface area (Å²) in [6, 6.07) is 32.3. The van der Waals surface area contributed by atoms with Crippen molar-refractivity contribution in [1.29, 1.82) is 0 Å². The van der Waals surface area contributed by atoms with Gasteiger partial charge in [0, 0.05) is 0 Å². The van der Waals surface area contributed by atoms with E-state index in [1.165, 1.54) is 34.1 Å². The number of benzene rings is 3. The molecule has 0 aliphatic carbocycles. The maximum atomic E-state index is 6.94. The third-order valence-corrected chi connectivity index (χ3v) is 3.73. The molecule has 0 saturated carbocycles. The first-order valence-corrected chi connectivity index (χ1v) is 14.7. The summed E-state index contributed by atoms with van der Waals surface area (Å²) in [5.74, 6) is 0. The van der Waals surface area contributed by atoms with Crippen LogP contribution in [0.4, 0.5) is 0 Å². The topological polar surface area (TPSA) is 23.8 Å². The fourth-order valence-corrected chi connectivity index (χ4v) is 2.56. The van der Waals surface area contributed by atoms with E-state index in [1.54, 1.807) is 0 Å². The number of hydrogen-bond acceptors (Lipinski definition) is 0. The van der Waals surface area contributed by atoms with E-state index in [4.69, 9.17) is 5.73 Å². The summed E-state index contributed by atoms with van der Waals surface area (Å²) in [5, 5.41) is 2.60. The Morgan fingerprint density at radius 3 is 1.39 bits per heavy atom. The Labute approximate surface area is 228 Å². The Morgan fingerprint density at radius 1 is 0.758 bits per heavy atom. The van der Waals surface area contributed by atoms with Crippen LogP contribution in [-0.2, 0) is 23.3 Å². The van der Waals surface area contributed by atoms with Crippen molar-refractivity contribution in [3.63, 3.8) is 0 Å². The van der Waals surface area contributed by atoms with Gasteiger partial charge in [0.1, 0.15) is 0 Å². The van der Waals surface area contributed by atoms with E-state index in [0.29, 0.717) is 0 Å². The van der Waals surface area contributed by atoms with Crippen LogP contribution in [0.1, 0.15) is 31.9 Å². The average Bonchev–Trinajstić information content (AvgIpc) is 3.10. The Kier molecular flexibility index (Phi) is 23.1. The molecule has 1 N–H and O–H groups in total. The molecule has 4 rings (SSSR count). The van der Waals surface area contributed by atoms with Crippen molar-refractivity contribution in [2.24, 2.45) is 0 Å². The molecule has 0 unspecified atom stereocenters. The van der Waals surface area contributed by atoms with Crippen LogP contribution in [-0.4, -0.2) is 12.4 Å². The van der Waals surface area contributed by atoms with Crippen LogP contribution >= 0.6 is 15.9 Å². The van der Waals surface area contributed by atoms with Crippen molar-refractivity contribution in [2.45, 2.75) is 26.3 Å². The molecule has 2 radical (unpaired) electrons. The Balaban J connectivity index is -0.000000358. The van der Waals surface area contributed by atoms with Crippen LogP contribution in [0.25, 0.3) is 16.5 Å². The van der Waals surface area contributed by atoms with Gasteiger partial charge >= 0.3 is 30.2 Å². The Hall–Kier alpha value is -1.45.